The van der Waals surface area contributed by atoms with Crippen molar-refractivity contribution >= 4 is 17.5 Å². The average Bonchev–Trinajstić information content (AvgIpc) is 3.42. The molecule has 10 heteroatoms. The molecule has 0 saturated heterocycles. The molecule has 4 aromatic rings. The number of carbonyl (C=O) groups is 2. The van der Waals surface area contributed by atoms with E-state index >= 15 is 0 Å². The number of halogens is 3. The van der Waals surface area contributed by atoms with E-state index in [4.69, 9.17) is 4.74 Å². The molecule has 4 aromatic carbocycles. The molecule has 7 rings (SSSR count). The molecule has 4 atom stereocenters. The number of anilines is 1. The van der Waals surface area contributed by atoms with Gasteiger partial charge in [-0.15, -0.1) is 0 Å². The zero-order valence-corrected chi connectivity index (χ0v) is 31.5. The number of methoxy groups -OCH3 is 1. The highest BCUT2D eigenvalue weighted by atomic mass is 19.4. The summed E-state index contributed by atoms with van der Waals surface area (Å²) in [7, 11) is 1.57. The Hall–Kier alpha value is -4.93. The lowest BCUT2D eigenvalue weighted by molar-refractivity contribution is -0.137. The Morgan fingerprint density at radius 1 is 0.945 bits per heavy atom. The van der Waals surface area contributed by atoms with Crippen LogP contribution in [0, 0.1) is 5.41 Å². The summed E-state index contributed by atoms with van der Waals surface area (Å²) in [4.78, 5) is 30.1. The SMILES string of the molecule is COc1ccc(NC(=O)N(Cc2ccccc2)C[C@]2(O)CC[C@H]3c4ccc(cc4C(=O)c4cccc(C(F)(F)F)c4)C[C@@H](O)CCC(C)=CCC[C@@]32C)cc1. The standard InChI is InChI=1S/C45H49F3N2O5/c1-30-9-8-23-43(2)40(38-21-15-32(25-36(51)18-14-30)26-39(38)41(52)33-12-7-13-34(27-33)45(46,47)48)22-24-44(43,54)29-50(28-31-10-5-4-6-11-31)42(53)49-35-16-19-37(55-3)20-17-35/h4-7,9-13,15-17,19-21,26-27,36,40,51,54H,8,14,18,22-25,28-29H2,1-3H3,(H,49,53)/t36-,40-,43-,44+/m0/s1. The van der Waals surface area contributed by atoms with Crippen molar-refractivity contribution in [1.82, 2.24) is 4.90 Å². The van der Waals surface area contributed by atoms with Gasteiger partial charge in [0.25, 0.3) is 0 Å². The van der Waals surface area contributed by atoms with Gasteiger partial charge in [-0.1, -0.05) is 73.2 Å². The first-order valence-corrected chi connectivity index (χ1v) is 18.8. The predicted octanol–water partition coefficient (Wildman–Crippen LogP) is 9.72. The number of hydrogen-bond acceptors (Lipinski definition) is 5. The molecule has 2 amide bonds. The van der Waals surface area contributed by atoms with Crippen molar-refractivity contribution in [1.29, 1.82) is 0 Å². The first kappa shape index (κ1) is 39.8. The van der Waals surface area contributed by atoms with E-state index in [9.17, 15) is 33.0 Å². The van der Waals surface area contributed by atoms with Crippen LogP contribution < -0.4 is 10.1 Å². The minimum absolute atomic E-state index is 0.0131. The molecule has 0 spiro atoms. The number of urea groups is 1. The van der Waals surface area contributed by atoms with E-state index in [1.165, 1.54) is 12.1 Å². The normalized spacial score (nSPS) is 22.9. The van der Waals surface area contributed by atoms with Gasteiger partial charge in [0, 0.05) is 28.8 Å². The molecule has 1 fully saturated rings. The molecule has 3 N–H and O–H groups in total. The van der Waals surface area contributed by atoms with Gasteiger partial charge < -0.3 is 25.2 Å². The Morgan fingerprint density at radius 2 is 1.69 bits per heavy atom. The minimum Gasteiger partial charge on any atom is -0.497 e. The Labute approximate surface area is 320 Å². The van der Waals surface area contributed by atoms with Crippen LogP contribution in [0.5, 0.6) is 5.75 Å². The van der Waals surface area contributed by atoms with Crippen LogP contribution in [0.3, 0.4) is 0 Å². The number of amides is 2. The van der Waals surface area contributed by atoms with Crippen LogP contribution in [0.1, 0.15) is 96.5 Å². The number of carbonyl (C=O) groups excluding carboxylic acids is 2. The summed E-state index contributed by atoms with van der Waals surface area (Å²) in [6.07, 6.45) is 0.170. The molecule has 0 aliphatic heterocycles. The summed E-state index contributed by atoms with van der Waals surface area (Å²) in [5, 5.41) is 26.9. The third kappa shape index (κ3) is 8.97. The maximum absolute atomic E-state index is 14.4. The van der Waals surface area contributed by atoms with Gasteiger partial charge in [0.1, 0.15) is 5.75 Å². The number of aliphatic hydroxyl groups is 2. The number of benzene rings is 4. The van der Waals surface area contributed by atoms with Gasteiger partial charge in [-0.3, -0.25) is 4.79 Å². The van der Waals surface area contributed by atoms with Crippen LogP contribution in [0.4, 0.5) is 23.7 Å². The van der Waals surface area contributed by atoms with Crippen molar-refractivity contribution in [3.8, 4) is 5.75 Å². The topological polar surface area (TPSA) is 99.1 Å². The zero-order valence-electron chi connectivity index (χ0n) is 31.5. The fourth-order valence-electron chi connectivity index (χ4n) is 8.38. The maximum Gasteiger partial charge on any atom is 0.416 e. The number of nitrogens with one attached hydrogen (secondary N) is 1. The molecular formula is C45H49F3N2O5. The van der Waals surface area contributed by atoms with E-state index in [-0.39, 0.29) is 36.6 Å². The lowest BCUT2D eigenvalue weighted by atomic mass is 9.64. The Bertz CT molecular complexity index is 2020. The monoisotopic (exact) mass is 754 g/mol. The third-order valence-corrected chi connectivity index (χ3v) is 11.7. The molecule has 7 nitrogen and oxygen atoms in total. The van der Waals surface area contributed by atoms with Gasteiger partial charge in [-0.05, 0) is 117 Å². The average molecular weight is 755 g/mol. The quantitative estimate of drug-likeness (QED) is 0.123. The van der Waals surface area contributed by atoms with Gasteiger partial charge in [0.15, 0.2) is 5.78 Å². The highest BCUT2D eigenvalue weighted by Gasteiger charge is 2.57. The summed E-state index contributed by atoms with van der Waals surface area (Å²) in [5.74, 6) is -0.296. The minimum atomic E-state index is -4.63. The van der Waals surface area contributed by atoms with Gasteiger partial charge in [0.2, 0.25) is 0 Å². The van der Waals surface area contributed by atoms with Crippen molar-refractivity contribution in [3.63, 3.8) is 0 Å². The number of rotatable bonds is 8. The van der Waals surface area contributed by atoms with Crippen LogP contribution in [-0.4, -0.2) is 52.3 Å². The molecule has 3 aliphatic rings. The molecule has 55 heavy (non-hydrogen) atoms. The number of ether oxygens (including phenoxy) is 1. The second-order valence-corrected chi connectivity index (χ2v) is 15.4. The number of alkyl halides is 3. The first-order chi connectivity index (χ1) is 26.2. The Balaban J connectivity index is 1.42. The van der Waals surface area contributed by atoms with Gasteiger partial charge in [-0.25, -0.2) is 4.79 Å². The van der Waals surface area contributed by atoms with Crippen molar-refractivity contribution in [2.75, 3.05) is 19.0 Å². The number of allylic oxidation sites excluding steroid dienone is 2. The van der Waals surface area contributed by atoms with Crippen LogP contribution in [-0.2, 0) is 19.1 Å². The Morgan fingerprint density at radius 3 is 2.40 bits per heavy atom. The zero-order chi connectivity index (χ0) is 39.4. The van der Waals surface area contributed by atoms with Crippen molar-refractivity contribution < 1.29 is 37.7 Å². The predicted molar refractivity (Wildman–Crippen MR) is 207 cm³/mol. The lowest BCUT2D eigenvalue weighted by Gasteiger charge is -2.46. The fourth-order valence-corrected chi connectivity index (χ4v) is 8.38. The summed E-state index contributed by atoms with van der Waals surface area (Å²) in [6, 6.07) is 26.0. The molecule has 2 bridgehead atoms. The first-order valence-electron chi connectivity index (χ1n) is 18.8. The molecule has 0 aromatic heterocycles. The number of hydrogen-bond donors (Lipinski definition) is 3. The molecule has 3 aliphatic carbocycles. The van der Waals surface area contributed by atoms with Gasteiger partial charge in [0.05, 0.1) is 30.9 Å². The second kappa shape index (κ2) is 16.4. The molecule has 0 radical (unpaired) electrons. The number of nitrogens with zero attached hydrogens (tertiary/aromatic N) is 1. The van der Waals surface area contributed by atoms with E-state index in [0.29, 0.717) is 61.1 Å². The van der Waals surface area contributed by atoms with Crippen molar-refractivity contribution in [3.05, 3.63) is 142 Å². The van der Waals surface area contributed by atoms with Crippen LogP contribution in [0.2, 0.25) is 0 Å². The van der Waals surface area contributed by atoms with Crippen molar-refractivity contribution in [2.45, 2.75) is 89.1 Å². The largest absolute Gasteiger partial charge is 0.497 e. The molecule has 0 unspecified atom stereocenters. The van der Waals surface area contributed by atoms with E-state index in [1.807, 2.05) is 56.3 Å². The van der Waals surface area contributed by atoms with E-state index < -0.39 is 40.7 Å². The van der Waals surface area contributed by atoms with Crippen molar-refractivity contribution in [2.24, 2.45) is 5.41 Å². The number of fused-ring (bicyclic) bond motifs is 8. The number of ketones is 1. The number of aliphatic hydroxyl groups excluding tert-OH is 1. The summed E-state index contributed by atoms with van der Waals surface area (Å²) in [6.45, 7) is 4.25. The molecular weight excluding hydrogens is 705 g/mol. The molecule has 290 valence electrons. The second-order valence-electron chi connectivity index (χ2n) is 15.4. The summed E-state index contributed by atoms with van der Waals surface area (Å²) >= 11 is 0. The van der Waals surface area contributed by atoms with Crippen LogP contribution in [0.15, 0.2) is 109 Å². The van der Waals surface area contributed by atoms with Crippen LogP contribution in [0.25, 0.3) is 0 Å². The fraction of sp³-hybridized carbons (Fsp3) is 0.378. The maximum atomic E-state index is 14.4. The van der Waals surface area contributed by atoms with Gasteiger partial charge >= 0.3 is 12.2 Å². The summed E-state index contributed by atoms with van der Waals surface area (Å²) < 4.78 is 46.6. The van der Waals surface area contributed by atoms with E-state index in [0.717, 1.165) is 23.3 Å². The molecule has 1 saturated carbocycles. The lowest BCUT2D eigenvalue weighted by Crippen LogP contribution is -2.54. The van der Waals surface area contributed by atoms with Crippen LogP contribution >= 0.6 is 0 Å². The third-order valence-electron chi connectivity index (χ3n) is 11.7. The smallest absolute Gasteiger partial charge is 0.416 e. The summed E-state index contributed by atoms with van der Waals surface area (Å²) in [5.41, 5.74) is 0.845. The van der Waals surface area contributed by atoms with E-state index in [1.54, 1.807) is 42.3 Å². The molecule has 0 heterocycles. The highest BCUT2D eigenvalue weighted by Crippen LogP contribution is 2.59. The highest BCUT2D eigenvalue weighted by molar-refractivity contribution is 6.10. The Kier molecular flexibility index (Phi) is 11.9. The van der Waals surface area contributed by atoms with Gasteiger partial charge in [-0.2, -0.15) is 13.2 Å². The van der Waals surface area contributed by atoms with E-state index in [2.05, 4.69) is 11.4 Å².